The fourth-order valence-corrected chi connectivity index (χ4v) is 3.69. The Labute approximate surface area is 183 Å². The zero-order valence-corrected chi connectivity index (χ0v) is 18.7. The smallest absolute Gasteiger partial charge is 0.270 e. The largest absolute Gasteiger partial charge is 0.372 e. The molecule has 0 saturated heterocycles. The average Bonchev–Trinajstić information content (AvgIpc) is 3.10. The lowest BCUT2D eigenvalue weighted by molar-refractivity contribution is -0.116. The summed E-state index contributed by atoms with van der Waals surface area (Å²) >= 11 is 0. The molecule has 0 fully saturated rings. The first-order valence-corrected chi connectivity index (χ1v) is 10.8. The Bertz CT molecular complexity index is 1050. The summed E-state index contributed by atoms with van der Waals surface area (Å²) in [5, 5.41) is 5.82. The number of hydrogen-bond donors (Lipinski definition) is 2. The Balaban J connectivity index is 1.48. The van der Waals surface area contributed by atoms with Crippen LogP contribution in [0.1, 0.15) is 48.4 Å². The number of hydrogen-bond acceptors (Lipinski definition) is 4. The highest BCUT2D eigenvalue weighted by Gasteiger charge is 2.17. The van der Waals surface area contributed by atoms with Gasteiger partial charge in [0.2, 0.25) is 5.91 Å². The van der Waals surface area contributed by atoms with Crippen LogP contribution < -0.4 is 15.5 Å². The van der Waals surface area contributed by atoms with Crippen molar-refractivity contribution in [3.8, 4) is 0 Å². The van der Waals surface area contributed by atoms with Crippen molar-refractivity contribution in [2.24, 2.45) is 0 Å². The van der Waals surface area contributed by atoms with Crippen LogP contribution >= 0.6 is 0 Å². The predicted octanol–water partition coefficient (Wildman–Crippen LogP) is 3.95. The minimum atomic E-state index is -0.178. The molecule has 164 valence electrons. The quantitative estimate of drug-likeness (QED) is 0.513. The number of fused-ring (bicyclic) bond motifs is 1. The van der Waals surface area contributed by atoms with Crippen molar-refractivity contribution < 1.29 is 9.59 Å². The van der Waals surface area contributed by atoms with Crippen molar-refractivity contribution in [1.29, 1.82) is 0 Å². The number of imidazole rings is 1. The highest BCUT2D eigenvalue weighted by molar-refractivity contribution is 5.95. The average molecular weight is 422 g/mol. The second kappa shape index (κ2) is 10.1. The minimum absolute atomic E-state index is 0.0635. The third-order valence-electron chi connectivity index (χ3n) is 5.38. The second-order valence-corrected chi connectivity index (χ2v) is 7.56. The molecule has 7 nitrogen and oxygen atoms in total. The van der Waals surface area contributed by atoms with E-state index in [2.05, 4.69) is 34.4 Å². The summed E-state index contributed by atoms with van der Waals surface area (Å²) < 4.78 is 1.81. The third-order valence-corrected chi connectivity index (χ3v) is 5.38. The first kappa shape index (κ1) is 22.3. The van der Waals surface area contributed by atoms with Crippen molar-refractivity contribution in [2.75, 3.05) is 29.9 Å². The summed E-state index contributed by atoms with van der Waals surface area (Å²) in [5.41, 5.74) is 4.96. The zero-order valence-electron chi connectivity index (χ0n) is 18.7. The van der Waals surface area contributed by atoms with Crippen molar-refractivity contribution in [3.63, 3.8) is 0 Å². The lowest BCUT2D eigenvalue weighted by atomic mass is 10.2. The van der Waals surface area contributed by atoms with Gasteiger partial charge in [-0.05, 0) is 70.0 Å². The molecule has 2 heterocycles. The number of anilines is 2. The van der Waals surface area contributed by atoms with Crippen LogP contribution in [-0.2, 0) is 4.79 Å². The Morgan fingerprint density at radius 3 is 2.45 bits per heavy atom. The molecule has 0 aliphatic rings. The van der Waals surface area contributed by atoms with Gasteiger partial charge in [-0.25, -0.2) is 4.98 Å². The molecule has 0 radical (unpaired) electrons. The van der Waals surface area contributed by atoms with Crippen LogP contribution in [0.25, 0.3) is 5.65 Å². The van der Waals surface area contributed by atoms with E-state index < -0.39 is 0 Å². The molecule has 3 rings (SSSR count). The van der Waals surface area contributed by atoms with Gasteiger partial charge in [-0.2, -0.15) is 0 Å². The number of nitrogens with one attached hydrogen (secondary N) is 2. The number of aromatic nitrogens is 2. The van der Waals surface area contributed by atoms with Crippen LogP contribution in [0.5, 0.6) is 0 Å². The van der Waals surface area contributed by atoms with E-state index in [0.29, 0.717) is 30.8 Å². The number of amides is 2. The fourth-order valence-electron chi connectivity index (χ4n) is 3.69. The summed E-state index contributed by atoms with van der Waals surface area (Å²) in [6.07, 6.45) is 2.74. The van der Waals surface area contributed by atoms with Crippen molar-refractivity contribution in [1.82, 2.24) is 14.7 Å². The SMILES string of the molecule is CCN(CC)c1ccc(NC(=O)CCCNC(=O)c2c(C)nc3c(C)cccn23)cc1. The van der Waals surface area contributed by atoms with Crippen LogP contribution in [-0.4, -0.2) is 40.8 Å². The summed E-state index contributed by atoms with van der Waals surface area (Å²) in [7, 11) is 0. The van der Waals surface area contributed by atoms with E-state index in [1.54, 1.807) is 0 Å². The summed E-state index contributed by atoms with van der Waals surface area (Å²) in [6, 6.07) is 11.7. The molecule has 1 aromatic carbocycles. The number of nitrogens with zero attached hydrogens (tertiary/aromatic N) is 3. The van der Waals surface area contributed by atoms with Gasteiger partial charge in [-0.1, -0.05) is 6.07 Å². The standard InChI is InChI=1S/C24H31N5O2/c1-5-28(6-2)20-13-11-19(12-14-20)27-21(30)10-7-15-25-24(31)22-18(4)26-23-17(3)9-8-16-29(22)23/h8-9,11-14,16H,5-7,10,15H2,1-4H3,(H,25,31)(H,27,30). The second-order valence-electron chi connectivity index (χ2n) is 7.56. The molecule has 0 aliphatic carbocycles. The number of carbonyl (C=O) groups is 2. The molecule has 2 N–H and O–H groups in total. The van der Waals surface area contributed by atoms with E-state index in [9.17, 15) is 9.59 Å². The molecule has 7 heteroatoms. The highest BCUT2D eigenvalue weighted by atomic mass is 16.2. The molecule has 2 amide bonds. The van der Waals surface area contributed by atoms with Crippen molar-refractivity contribution in [2.45, 2.75) is 40.5 Å². The number of aryl methyl sites for hydroxylation is 2. The van der Waals surface area contributed by atoms with Gasteiger partial charge >= 0.3 is 0 Å². The van der Waals surface area contributed by atoms with Gasteiger partial charge in [0.1, 0.15) is 11.3 Å². The van der Waals surface area contributed by atoms with Gasteiger partial charge in [0, 0.05) is 43.6 Å². The van der Waals surface area contributed by atoms with E-state index in [1.807, 2.05) is 60.8 Å². The Morgan fingerprint density at radius 2 is 1.77 bits per heavy atom. The van der Waals surface area contributed by atoms with Gasteiger partial charge in [0.15, 0.2) is 0 Å². The number of rotatable bonds is 9. The Morgan fingerprint density at radius 1 is 1.06 bits per heavy atom. The molecular weight excluding hydrogens is 390 g/mol. The monoisotopic (exact) mass is 421 g/mol. The first-order valence-electron chi connectivity index (χ1n) is 10.8. The van der Waals surface area contributed by atoms with E-state index in [0.717, 1.165) is 35.7 Å². The van der Waals surface area contributed by atoms with Crippen LogP contribution in [0.15, 0.2) is 42.6 Å². The molecule has 0 aliphatic heterocycles. The van der Waals surface area contributed by atoms with Gasteiger partial charge < -0.3 is 15.5 Å². The van der Waals surface area contributed by atoms with E-state index in [1.165, 1.54) is 0 Å². The van der Waals surface area contributed by atoms with Crippen molar-refractivity contribution in [3.05, 3.63) is 59.5 Å². The maximum Gasteiger partial charge on any atom is 0.270 e. The van der Waals surface area contributed by atoms with Crippen molar-refractivity contribution >= 4 is 28.8 Å². The highest BCUT2D eigenvalue weighted by Crippen LogP contribution is 2.18. The molecule has 0 bridgehead atoms. The van der Waals surface area contributed by atoms with Crippen LogP contribution in [0.4, 0.5) is 11.4 Å². The van der Waals surface area contributed by atoms with Crippen LogP contribution in [0, 0.1) is 13.8 Å². The Kier molecular flexibility index (Phi) is 7.28. The zero-order chi connectivity index (χ0) is 22.4. The molecule has 31 heavy (non-hydrogen) atoms. The molecule has 3 aromatic rings. The molecule has 0 saturated carbocycles. The topological polar surface area (TPSA) is 78.7 Å². The van der Waals surface area contributed by atoms with Gasteiger partial charge in [0.05, 0.1) is 5.69 Å². The summed E-state index contributed by atoms with van der Waals surface area (Å²) in [6.45, 7) is 10.4. The maximum atomic E-state index is 12.6. The molecule has 0 spiro atoms. The molecule has 2 aromatic heterocycles. The number of benzene rings is 1. The van der Waals surface area contributed by atoms with Crippen LogP contribution in [0.2, 0.25) is 0 Å². The lowest BCUT2D eigenvalue weighted by Gasteiger charge is -2.21. The molecular formula is C24H31N5O2. The summed E-state index contributed by atoms with van der Waals surface area (Å²) in [5.74, 6) is -0.241. The van der Waals surface area contributed by atoms with Crippen LogP contribution in [0.3, 0.4) is 0 Å². The van der Waals surface area contributed by atoms with E-state index in [4.69, 9.17) is 0 Å². The third kappa shape index (κ3) is 5.23. The van der Waals surface area contributed by atoms with Gasteiger partial charge in [-0.15, -0.1) is 0 Å². The number of pyridine rings is 1. The van der Waals surface area contributed by atoms with Gasteiger partial charge in [0.25, 0.3) is 5.91 Å². The normalized spacial score (nSPS) is 10.8. The minimum Gasteiger partial charge on any atom is -0.372 e. The number of carbonyl (C=O) groups excluding carboxylic acids is 2. The fraction of sp³-hybridized carbons (Fsp3) is 0.375. The maximum absolute atomic E-state index is 12.6. The summed E-state index contributed by atoms with van der Waals surface area (Å²) in [4.78, 5) is 31.6. The first-order chi connectivity index (χ1) is 14.9. The lowest BCUT2D eigenvalue weighted by Crippen LogP contribution is -2.27. The molecule has 0 atom stereocenters. The Hall–Kier alpha value is -3.35. The van der Waals surface area contributed by atoms with E-state index in [-0.39, 0.29) is 11.8 Å². The predicted molar refractivity (Wildman–Crippen MR) is 125 cm³/mol. The van der Waals surface area contributed by atoms with E-state index >= 15 is 0 Å². The van der Waals surface area contributed by atoms with Gasteiger partial charge in [-0.3, -0.25) is 14.0 Å². The molecule has 0 unspecified atom stereocenters.